The highest BCUT2D eigenvalue weighted by atomic mass is 16.4. The number of nitrogens with one attached hydrogen (secondary N) is 2. The maximum absolute atomic E-state index is 12.0. The number of carbonyl (C=O) groups is 2. The van der Waals surface area contributed by atoms with E-state index < -0.39 is 12.0 Å². The molecule has 0 aromatic heterocycles. The van der Waals surface area contributed by atoms with Gasteiger partial charge in [0, 0.05) is 6.04 Å². The zero-order valence-corrected chi connectivity index (χ0v) is 12.8. The summed E-state index contributed by atoms with van der Waals surface area (Å²) in [5.41, 5.74) is 0. The van der Waals surface area contributed by atoms with Crippen molar-refractivity contribution < 1.29 is 14.7 Å². The molecule has 0 aromatic carbocycles. The number of urea groups is 1. The largest absolute Gasteiger partial charge is 0.480 e. The summed E-state index contributed by atoms with van der Waals surface area (Å²) in [5, 5.41) is 14.7. The minimum Gasteiger partial charge on any atom is -0.480 e. The Morgan fingerprint density at radius 1 is 1.20 bits per heavy atom. The van der Waals surface area contributed by atoms with Crippen LogP contribution in [0.5, 0.6) is 0 Å². The fourth-order valence-corrected chi connectivity index (χ4v) is 2.77. The van der Waals surface area contributed by atoms with Gasteiger partial charge in [-0.05, 0) is 31.1 Å². The Balaban J connectivity index is 2.49. The third-order valence-electron chi connectivity index (χ3n) is 3.99. The molecule has 20 heavy (non-hydrogen) atoms. The van der Waals surface area contributed by atoms with Crippen LogP contribution in [0.15, 0.2) is 0 Å². The molecule has 1 aliphatic rings. The predicted octanol–water partition coefficient (Wildman–Crippen LogP) is 2.75. The molecule has 0 aliphatic heterocycles. The molecule has 5 heteroatoms. The van der Waals surface area contributed by atoms with E-state index in [-0.39, 0.29) is 18.0 Å². The van der Waals surface area contributed by atoms with E-state index in [1.807, 2.05) is 13.8 Å². The number of carbonyl (C=O) groups excluding carboxylic acids is 1. The van der Waals surface area contributed by atoms with Crippen LogP contribution >= 0.6 is 0 Å². The monoisotopic (exact) mass is 284 g/mol. The molecule has 0 saturated heterocycles. The summed E-state index contributed by atoms with van der Waals surface area (Å²) < 4.78 is 0. The van der Waals surface area contributed by atoms with E-state index in [9.17, 15) is 9.59 Å². The lowest BCUT2D eigenvalue weighted by Gasteiger charge is -2.24. The van der Waals surface area contributed by atoms with Gasteiger partial charge in [-0.25, -0.2) is 9.59 Å². The van der Waals surface area contributed by atoms with Crippen LogP contribution in [0.1, 0.15) is 59.3 Å². The first-order chi connectivity index (χ1) is 9.40. The molecular formula is C15H28N2O3. The molecule has 0 bridgehead atoms. The number of carboxylic acids is 1. The van der Waals surface area contributed by atoms with Crippen molar-refractivity contribution in [2.75, 3.05) is 0 Å². The van der Waals surface area contributed by atoms with Gasteiger partial charge in [-0.3, -0.25) is 0 Å². The molecule has 3 unspecified atom stereocenters. The van der Waals surface area contributed by atoms with Crippen molar-refractivity contribution in [3.05, 3.63) is 0 Å². The first-order valence-electron chi connectivity index (χ1n) is 7.70. The number of hydrogen-bond acceptors (Lipinski definition) is 2. The molecule has 1 fully saturated rings. The fourth-order valence-electron chi connectivity index (χ4n) is 2.77. The second-order valence-electron chi connectivity index (χ2n) is 6.36. The van der Waals surface area contributed by atoms with Gasteiger partial charge in [0.2, 0.25) is 0 Å². The summed E-state index contributed by atoms with van der Waals surface area (Å²) in [4.78, 5) is 23.1. The Morgan fingerprint density at radius 3 is 2.45 bits per heavy atom. The lowest BCUT2D eigenvalue weighted by Crippen LogP contribution is -2.50. The fraction of sp³-hybridized carbons (Fsp3) is 0.867. The first kappa shape index (κ1) is 16.8. The predicted molar refractivity (Wildman–Crippen MR) is 78.6 cm³/mol. The summed E-state index contributed by atoms with van der Waals surface area (Å²) in [7, 11) is 0. The second-order valence-corrected chi connectivity index (χ2v) is 6.36. The summed E-state index contributed by atoms with van der Waals surface area (Å²) >= 11 is 0. The lowest BCUT2D eigenvalue weighted by atomic mass is 9.97. The summed E-state index contributed by atoms with van der Waals surface area (Å²) in [6.45, 7) is 6.05. The van der Waals surface area contributed by atoms with Crippen LogP contribution < -0.4 is 10.6 Å². The average Bonchev–Trinajstić information content (AvgIpc) is 2.53. The van der Waals surface area contributed by atoms with Crippen molar-refractivity contribution in [1.29, 1.82) is 0 Å². The molecule has 2 amide bonds. The molecular weight excluding hydrogens is 256 g/mol. The van der Waals surface area contributed by atoms with E-state index in [0.717, 1.165) is 19.3 Å². The minimum absolute atomic E-state index is 0.158. The Bertz CT molecular complexity index is 331. The topological polar surface area (TPSA) is 78.4 Å². The summed E-state index contributed by atoms with van der Waals surface area (Å²) in [6, 6.07) is -1.00. The third kappa shape index (κ3) is 5.80. The molecule has 1 rings (SSSR count). The zero-order chi connectivity index (χ0) is 15.1. The van der Waals surface area contributed by atoms with E-state index in [2.05, 4.69) is 17.6 Å². The van der Waals surface area contributed by atoms with Crippen molar-refractivity contribution in [2.24, 2.45) is 11.8 Å². The third-order valence-corrected chi connectivity index (χ3v) is 3.99. The normalized spacial score (nSPS) is 24.8. The quantitative estimate of drug-likeness (QED) is 0.679. The minimum atomic E-state index is -0.970. The van der Waals surface area contributed by atoms with Crippen LogP contribution in [0.4, 0.5) is 4.79 Å². The first-order valence-corrected chi connectivity index (χ1v) is 7.70. The highest BCUT2D eigenvalue weighted by molar-refractivity contribution is 5.82. The van der Waals surface area contributed by atoms with Crippen molar-refractivity contribution in [2.45, 2.75) is 71.4 Å². The van der Waals surface area contributed by atoms with Gasteiger partial charge in [-0.2, -0.15) is 0 Å². The molecule has 0 heterocycles. The molecule has 0 radical (unpaired) electrons. The SMILES string of the molecule is CC(C)CC(NC(=O)NC1CCCCCC1C)C(=O)O. The molecule has 1 saturated carbocycles. The number of aliphatic carboxylic acids is 1. The van der Waals surface area contributed by atoms with Crippen molar-refractivity contribution in [3.63, 3.8) is 0 Å². The molecule has 5 nitrogen and oxygen atoms in total. The Labute approximate surface area is 121 Å². The van der Waals surface area contributed by atoms with Crippen LogP contribution in [0.25, 0.3) is 0 Å². The number of hydrogen-bond donors (Lipinski definition) is 3. The Kier molecular flexibility index (Phi) is 6.82. The molecule has 3 atom stereocenters. The molecule has 0 aromatic rings. The van der Waals surface area contributed by atoms with Gasteiger partial charge in [-0.1, -0.05) is 40.0 Å². The van der Waals surface area contributed by atoms with E-state index in [1.54, 1.807) is 0 Å². The number of rotatable bonds is 5. The molecule has 3 N–H and O–H groups in total. The van der Waals surface area contributed by atoms with E-state index in [1.165, 1.54) is 12.8 Å². The lowest BCUT2D eigenvalue weighted by molar-refractivity contribution is -0.139. The summed E-state index contributed by atoms with van der Waals surface area (Å²) in [6.07, 6.45) is 6.11. The zero-order valence-electron chi connectivity index (χ0n) is 12.8. The van der Waals surface area contributed by atoms with Gasteiger partial charge < -0.3 is 15.7 Å². The molecule has 116 valence electrons. The van der Waals surface area contributed by atoms with Gasteiger partial charge >= 0.3 is 12.0 Å². The average molecular weight is 284 g/mol. The van der Waals surface area contributed by atoms with E-state index >= 15 is 0 Å². The maximum atomic E-state index is 12.0. The smallest absolute Gasteiger partial charge is 0.326 e. The molecule has 0 spiro atoms. The van der Waals surface area contributed by atoms with Crippen LogP contribution in [0, 0.1) is 11.8 Å². The highest BCUT2D eigenvalue weighted by Crippen LogP contribution is 2.22. The van der Waals surface area contributed by atoms with E-state index in [0.29, 0.717) is 12.3 Å². The van der Waals surface area contributed by atoms with Crippen LogP contribution in [-0.4, -0.2) is 29.2 Å². The Hall–Kier alpha value is -1.26. The number of amides is 2. The standard InChI is InChI=1S/C15H28N2O3/c1-10(2)9-13(14(18)19)17-15(20)16-12-8-6-4-5-7-11(12)3/h10-13H,4-9H2,1-3H3,(H,18,19)(H2,16,17,20). The Morgan fingerprint density at radius 2 is 1.85 bits per heavy atom. The van der Waals surface area contributed by atoms with Gasteiger partial charge in [0.1, 0.15) is 6.04 Å². The van der Waals surface area contributed by atoms with Gasteiger partial charge in [0.05, 0.1) is 0 Å². The van der Waals surface area contributed by atoms with Crippen molar-refractivity contribution in [3.8, 4) is 0 Å². The van der Waals surface area contributed by atoms with Gasteiger partial charge in [0.25, 0.3) is 0 Å². The van der Waals surface area contributed by atoms with Crippen molar-refractivity contribution in [1.82, 2.24) is 10.6 Å². The highest BCUT2D eigenvalue weighted by Gasteiger charge is 2.25. The maximum Gasteiger partial charge on any atom is 0.326 e. The van der Waals surface area contributed by atoms with Gasteiger partial charge in [0.15, 0.2) is 0 Å². The second kappa shape index (κ2) is 8.12. The van der Waals surface area contributed by atoms with Crippen molar-refractivity contribution >= 4 is 12.0 Å². The van der Waals surface area contributed by atoms with Crippen LogP contribution in [0.3, 0.4) is 0 Å². The number of carboxylic acid groups (broad SMARTS) is 1. The van der Waals surface area contributed by atoms with Gasteiger partial charge in [-0.15, -0.1) is 0 Å². The summed E-state index contributed by atoms with van der Waals surface area (Å²) in [5.74, 6) is -0.285. The van der Waals surface area contributed by atoms with E-state index in [4.69, 9.17) is 5.11 Å². The van der Waals surface area contributed by atoms with Crippen LogP contribution in [-0.2, 0) is 4.79 Å². The van der Waals surface area contributed by atoms with Crippen LogP contribution in [0.2, 0.25) is 0 Å². The molecule has 1 aliphatic carbocycles.